The van der Waals surface area contributed by atoms with E-state index in [0.717, 1.165) is 23.1 Å². The van der Waals surface area contributed by atoms with Crippen molar-refractivity contribution in [3.05, 3.63) is 44.8 Å². The first kappa shape index (κ1) is 11.9. The van der Waals surface area contributed by atoms with Crippen molar-refractivity contribution >= 4 is 0 Å². The van der Waals surface area contributed by atoms with E-state index < -0.39 is 0 Å². The Bertz CT molecular complexity index is 546. The van der Waals surface area contributed by atoms with Crippen LogP contribution in [-0.4, -0.2) is 15.2 Å². The predicted octanol–water partition coefficient (Wildman–Crippen LogP) is -0.108. The molecule has 1 N–H and O–H groups in total. The zero-order chi connectivity index (χ0) is 12.4. The first-order valence-corrected chi connectivity index (χ1v) is 5.74. The first-order valence-electron chi connectivity index (χ1n) is 5.74. The van der Waals surface area contributed by atoms with Gasteiger partial charge in [0.05, 0.1) is 0 Å². The van der Waals surface area contributed by atoms with Crippen molar-refractivity contribution in [2.75, 3.05) is 0 Å². The van der Waals surface area contributed by atoms with E-state index in [2.05, 4.69) is 17.5 Å². The van der Waals surface area contributed by atoms with Crippen molar-refractivity contribution in [3.8, 4) is 0 Å². The summed E-state index contributed by atoms with van der Waals surface area (Å²) in [5.41, 5.74) is 0.193. The predicted molar refractivity (Wildman–Crippen MR) is 65.9 cm³/mol. The van der Waals surface area contributed by atoms with Gasteiger partial charge in [0, 0.05) is 38.4 Å². The van der Waals surface area contributed by atoms with E-state index >= 15 is 0 Å². The fourth-order valence-electron chi connectivity index (χ4n) is 1.98. The molecule has 0 unspecified atom stereocenters. The van der Waals surface area contributed by atoms with Gasteiger partial charge in [0.15, 0.2) is 0 Å². The SMILES string of the molecule is Cn1c(CNC2CC=CC2)cc(=O)n(C)c1=O. The van der Waals surface area contributed by atoms with Crippen LogP contribution in [0.2, 0.25) is 0 Å². The van der Waals surface area contributed by atoms with Gasteiger partial charge in [0.25, 0.3) is 5.56 Å². The molecule has 5 nitrogen and oxygen atoms in total. The first-order chi connectivity index (χ1) is 8.09. The smallest absolute Gasteiger partial charge is 0.308 e. The third-order valence-electron chi connectivity index (χ3n) is 3.21. The van der Waals surface area contributed by atoms with Crippen molar-refractivity contribution in [3.63, 3.8) is 0 Å². The van der Waals surface area contributed by atoms with E-state index in [1.165, 1.54) is 17.7 Å². The maximum Gasteiger partial charge on any atom is 0.330 e. The standard InChI is InChI=1S/C12H17N3O2/c1-14-10(7-11(16)15(2)12(14)17)8-13-9-5-3-4-6-9/h3-4,7,9,13H,5-6,8H2,1-2H3. The molecular weight excluding hydrogens is 218 g/mol. The highest BCUT2D eigenvalue weighted by Gasteiger charge is 2.11. The van der Waals surface area contributed by atoms with Crippen LogP contribution in [0.25, 0.3) is 0 Å². The molecular formula is C12H17N3O2. The second kappa shape index (κ2) is 4.71. The van der Waals surface area contributed by atoms with Crippen molar-refractivity contribution in [2.24, 2.45) is 14.1 Å². The summed E-state index contributed by atoms with van der Waals surface area (Å²) < 4.78 is 2.62. The number of hydrogen-bond donors (Lipinski definition) is 1. The number of rotatable bonds is 3. The summed E-state index contributed by atoms with van der Waals surface area (Å²) in [6, 6.07) is 1.94. The Morgan fingerprint density at radius 1 is 1.24 bits per heavy atom. The molecule has 0 saturated carbocycles. The number of aromatic nitrogens is 2. The maximum absolute atomic E-state index is 11.7. The van der Waals surface area contributed by atoms with Crippen LogP contribution in [0.1, 0.15) is 18.5 Å². The molecule has 1 heterocycles. The van der Waals surface area contributed by atoms with Crippen molar-refractivity contribution in [2.45, 2.75) is 25.4 Å². The zero-order valence-corrected chi connectivity index (χ0v) is 10.1. The fourth-order valence-corrected chi connectivity index (χ4v) is 1.98. The Balaban J connectivity index is 2.16. The summed E-state index contributed by atoms with van der Waals surface area (Å²) in [5.74, 6) is 0. The molecule has 0 aliphatic heterocycles. The molecule has 1 aromatic rings. The largest absolute Gasteiger partial charge is 0.330 e. The minimum absolute atomic E-state index is 0.255. The summed E-state index contributed by atoms with van der Waals surface area (Å²) in [5, 5.41) is 3.34. The second-order valence-electron chi connectivity index (χ2n) is 4.40. The van der Waals surface area contributed by atoms with Crippen LogP contribution in [0.15, 0.2) is 27.8 Å². The molecule has 0 saturated heterocycles. The molecule has 0 bridgehead atoms. The van der Waals surface area contributed by atoms with Crippen LogP contribution in [0, 0.1) is 0 Å². The molecule has 92 valence electrons. The van der Waals surface area contributed by atoms with Crippen LogP contribution in [0.3, 0.4) is 0 Å². The van der Waals surface area contributed by atoms with E-state index in [9.17, 15) is 9.59 Å². The highest BCUT2D eigenvalue weighted by atomic mass is 16.2. The second-order valence-corrected chi connectivity index (χ2v) is 4.40. The van der Waals surface area contributed by atoms with Crippen LogP contribution < -0.4 is 16.6 Å². The molecule has 1 aliphatic carbocycles. The lowest BCUT2D eigenvalue weighted by Gasteiger charge is -2.14. The van der Waals surface area contributed by atoms with Crippen LogP contribution in [0.5, 0.6) is 0 Å². The van der Waals surface area contributed by atoms with Gasteiger partial charge in [0.1, 0.15) is 0 Å². The van der Waals surface area contributed by atoms with Crippen LogP contribution in [0.4, 0.5) is 0 Å². The van der Waals surface area contributed by atoms with Crippen LogP contribution in [-0.2, 0) is 20.6 Å². The average molecular weight is 235 g/mol. The molecule has 0 aromatic carbocycles. The highest BCUT2D eigenvalue weighted by Crippen LogP contribution is 2.09. The lowest BCUT2D eigenvalue weighted by molar-refractivity contribution is 0.514. The normalized spacial score (nSPS) is 15.6. The molecule has 0 amide bonds. The monoisotopic (exact) mass is 235 g/mol. The summed E-state index contributed by atoms with van der Waals surface area (Å²) in [6.07, 6.45) is 6.30. The van der Waals surface area contributed by atoms with E-state index in [4.69, 9.17) is 0 Å². The Morgan fingerprint density at radius 3 is 2.53 bits per heavy atom. The minimum Gasteiger partial charge on any atom is -0.308 e. The molecule has 0 radical (unpaired) electrons. The molecule has 0 spiro atoms. The maximum atomic E-state index is 11.7. The Hall–Kier alpha value is -1.62. The van der Waals surface area contributed by atoms with Gasteiger partial charge < -0.3 is 5.32 Å². The van der Waals surface area contributed by atoms with E-state index in [0.29, 0.717) is 12.6 Å². The van der Waals surface area contributed by atoms with Crippen molar-refractivity contribution < 1.29 is 0 Å². The fraction of sp³-hybridized carbons (Fsp3) is 0.500. The van der Waals surface area contributed by atoms with Gasteiger partial charge in [-0.05, 0) is 12.8 Å². The third-order valence-corrected chi connectivity index (χ3v) is 3.21. The molecule has 17 heavy (non-hydrogen) atoms. The third kappa shape index (κ3) is 2.39. The summed E-state index contributed by atoms with van der Waals surface area (Å²) in [6.45, 7) is 0.550. The van der Waals surface area contributed by atoms with E-state index in [-0.39, 0.29) is 11.2 Å². The van der Waals surface area contributed by atoms with Crippen molar-refractivity contribution in [1.82, 2.24) is 14.5 Å². The van der Waals surface area contributed by atoms with Gasteiger partial charge in [-0.15, -0.1) is 0 Å². The summed E-state index contributed by atoms with van der Waals surface area (Å²) >= 11 is 0. The van der Waals surface area contributed by atoms with Crippen molar-refractivity contribution in [1.29, 1.82) is 0 Å². The average Bonchev–Trinajstić information content (AvgIpc) is 2.82. The van der Waals surface area contributed by atoms with Gasteiger partial charge in [-0.1, -0.05) is 12.2 Å². The summed E-state index contributed by atoms with van der Waals surface area (Å²) in [4.78, 5) is 23.2. The van der Waals surface area contributed by atoms with Crippen LogP contribution >= 0.6 is 0 Å². The molecule has 0 fully saturated rings. The molecule has 5 heteroatoms. The number of nitrogens with zero attached hydrogens (tertiary/aromatic N) is 2. The number of nitrogens with one attached hydrogen (secondary N) is 1. The quantitative estimate of drug-likeness (QED) is 0.744. The van der Waals surface area contributed by atoms with Gasteiger partial charge in [-0.3, -0.25) is 13.9 Å². The Kier molecular flexibility index (Phi) is 3.28. The van der Waals surface area contributed by atoms with Gasteiger partial charge in [0.2, 0.25) is 0 Å². The number of hydrogen-bond acceptors (Lipinski definition) is 3. The lowest BCUT2D eigenvalue weighted by Crippen LogP contribution is -2.39. The van der Waals surface area contributed by atoms with Gasteiger partial charge in [-0.2, -0.15) is 0 Å². The molecule has 0 atom stereocenters. The molecule has 2 rings (SSSR count). The van der Waals surface area contributed by atoms with E-state index in [1.54, 1.807) is 7.05 Å². The van der Waals surface area contributed by atoms with Gasteiger partial charge in [-0.25, -0.2) is 4.79 Å². The molecule has 1 aliphatic rings. The summed E-state index contributed by atoms with van der Waals surface area (Å²) in [7, 11) is 3.18. The topological polar surface area (TPSA) is 56.0 Å². The minimum atomic E-state index is -0.279. The van der Waals surface area contributed by atoms with Gasteiger partial charge >= 0.3 is 5.69 Å². The highest BCUT2D eigenvalue weighted by molar-refractivity contribution is 5.04. The lowest BCUT2D eigenvalue weighted by atomic mass is 10.2. The molecule has 1 aromatic heterocycles. The Labute approximate surface area is 99.4 Å². The van der Waals surface area contributed by atoms with E-state index in [1.807, 2.05) is 0 Å². The Morgan fingerprint density at radius 2 is 1.88 bits per heavy atom. The zero-order valence-electron chi connectivity index (χ0n) is 10.1.